The number of benzene rings is 3. The van der Waals surface area contributed by atoms with E-state index in [0.717, 1.165) is 28.8 Å². The van der Waals surface area contributed by atoms with E-state index in [1.165, 1.54) is 29.7 Å². The second-order valence-corrected chi connectivity index (χ2v) is 9.59. The fourth-order valence-corrected chi connectivity index (χ4v) is 4.93. The first-order chi connectivity index (χ1) is 14.3. The molecule has 6 nitrogen and oxygen atoms in total. The maximum atomic E-state index is 12.9. The number of sulfonamides is 1. The topological polar surface area (TPSA) is 75.7 Å². The average Bonchev–Trinajstić information content (AvgIpc) is 3.12. The van der Waals surface area contributed by atoms with Crippen molar-refractivity contribution in [3.05, 3.63) is 64.7 Å². The molecule has 0 fully saturated rings. The van der Waals surface area contributed by atoms with Gasteiger partial charge in [0, 0.05) is 16.1 Å². The molecule has 0 saturated carbocycles. The first-order valence-corrected chi connectivity index (χ1v) is 11.6. The zero-order valence-corrected chi connectivity index (χ0v) is 18.2. The molecule has 3 aromatic rings. The fourth-order valence-electron chi connectivity index (χ4n) is 3.92. The van der Waals surface area contributed by atoms with Crippen molar-refractivity contribution in [3.63, 3.8) is 0 Å². The van der Waals surface area contributed by atoms with Gasteiger partial charge in [-0.3, -0.25) is 9.10 Å². The molecule has 0 heterocycles. The normalized spacial score (nSPS) is 12.8. The Bertz CT molecular complexity index is 1250. The molecule has 0 aliphatic heterocycles. The molecule has 156 valence electrons. The van der Waals surface area contributed by atoms with E-state index in [2.05, 4.69) is 11.4 Å². The molecule has 30 heavy (non-hydrogen) atoms. The zero-order valence-electron chi connectivity index (χ0n) is 16.6. The predicted octanol–water partition coefficient (Wildman–Crippen LogP) is 4.01. The lowest BCUT2D eigenvalue weighted by Gasteiger charge is -2.24. The number of hydrogen-bond acceptors (Lipinski definition) is 4. The van der Waals surface area contributed by atoms with Crippen LogP contribution in [0.25, 0.3) is 10.8 Å². The molecule has 4 rings (SSSR count). The van der Waals surface area contributed by atoms with Crippen LogP contribution in [-0.4, -0.2) is 34.2 Å². The number of aryl methyl sites for hydroxylation is 2. The third kappa shape index (κ3) is 3.82. The number of hydrogen-bond donors (Lipinski definition) is 1. The molecule has 3 aromatic carbocycles. The first-order valence-electron chi connectivity index (χ1n) is 9.42. The summed E-state index contributed by atoms with van der Waals surface area (Å²) in [5.41, 5.74) is 3.40. The van der Waals surface area contributed by atoms with Gasteiger partial charge in [0.05, 0.1) is 19.1 Å². The molecule has 1 aliphatic rings. The molecule has 0 aromatic heterocycles. The second-order valence-electron chi connectivity index (χ2n) is 7.25. The number of nitrogens with one attached hydrogen (secondary N) is 1. The van der Waals surface area contributed by atoms with Crippen molar-refractivity contribution in [2.45, 2.75) is 12.8 Å². The van der Waals surface area contributed by atoms with Crippen molar-refractivity contribution in [1.29, 1.82) is 0 Å². The number of rotatable bonds is 6. The van der Waals surface area contributed by atoms with Crippen molar-refractivity contribution >= 4 is 49.7 Å². The van der Waals surface area contributed by atoms with E-state index in [0.29, 0.717) is 16.5 Å². The van der Waals surface area contributed by atoms with Crippen LogP contribution in [0.3, 0.4) is 0 Å². The summed E-state index contributed by atoms with van der Waals surface area (Å²) in [5.74, 6) is -0.149. The maximum Gasteiger partial charge on any atom is 0.245 e. The molecule has 0 spiro atoms. The highest BCUT2D eigenvalue weighted by atomic mass is 35.5. The molecule has 0 saturated heterocycles. The minimum Gasteiger partial charge on any atom is -0.495 e. The van der Waals surface area contributed by atoms with Gasteiger partial charge in [0.1, 0.15) is 12.3 Å². The van der Waals surface area contributed by atoms with E-state index in [1.54, 1.807) is 12.1 Å². The number of ether oxygens (including phenoxy) is 1. The van der Waals surface area contributed by atoms with Crippen molar-refractivity contribution in [3.8, 4) is 5.75 Å². The van der Waals surface area contributed by atoms with Crippen LogP contribution in [-0.2, 0) is 27.7 Å². The lowest BCUT2D eigenvalue weighted by molar-refractivity contribution is -0.114. The summed E-state index contributed by atoms with van der Waals surface area (Å²) in [6.45, 7) is -0.404. The molecule has 0 bridgehead atoms. The Labute approximate surface area is 180 Å². The standard InChI is InChI=1S/C22H21ClN2O4S/c1-29-20-11-9-16(23)12-19(20)25(30(2,27)28)13-21(26)24-18-10-8-15-7-6-14-4-3-5-17(18)22(14)15/h3-5,8-12H,6-7,13H2,1-2H3,(H,24,26). The quantitative estimate of drug-likeness (QED) is 0.623. The highest BCUT2D eigenvalue weighted by Gasteiger charge is 2.25. The Morgan fingerprint density at radius 2 is 1.87 bits per heavy atom. The van der Waals surface area contributed by atoms with Crippen LogP contribution in [0.4, 0.5) is 11.4 Å². The van der Waals surface area contributed by atoms with Crippen molar-refractivity contribution in [1.82, 2.24) is 0 Å². The molecule has 1 aliphatic carbocycles. The van der Waals surface area contributed by atoms with E-state index in [-0.39, 0.29) is 5.69 Å². The molecule has 1 N–H and O–H groups in total. The number of anilines is 2. The third-order valence-electron chi connectivity index (χ3n) is 5.25. The molecular weight excluding hydrogens is 424 g/mol. The van der Waals surface area contributed by atoms with E-state index in [9.17, 15) is 13.2 Å². The van der Waals surface area contributed by atoms with Crippen LogP contribution in [0.5, 0.6) is 5.75 Å². The molecule has 0 unspecified atom stereocenters. The Hall–Kier alpha value is -2.77. The number of nitrogens with zero attached hydrogens (tertiary/aromatic N) is 1. The smallest absolute Gasteiger partial charge is 0.245 e. The van der Waals surface area contributed by atoms with E-state index in [4.69, 9.17) is 16.3 Å². The largest absolute Gasteiger partial charge is 0.495 e. The van der Waals surface area contributed by atoms with Crippen LogP contribution >= 0.6 is 11.6 Å². The highest BCUT2D eigenvalue weighted by molar-refractivity contribution is 7.92. The number of carbonyl (C=O) groups excluding carboxylic acids is 1. The van der Waals surface area contributed by atoms with Gasteiger partial charge in [-0.15, -0.1) is 0 Å². The third-order valence-corrected chi connectivity index (χ3v) is 6.61. The van der Waals surface area contributed by atoms with Crippen molar-refractivity contribution < 1.29 is 17.9 Å². The Balaban J connectivity index is 1.66. The van der Waals surface area contributed by atoms with Gasteiger partial charge in [-0.25, -0.2) is 8.42 Å². The molecule has 8 heteroatoms. The van der Waals surface area contributed by atoms with Gasteiger partial charge in [-0.05, 0) is 53.6 Å². The minimum absolute atomic E-state index is 0.211. The Morgan fingerprint density at radius 1 is 1.13 bits per heavy atom. The minimum atomic E-state index is -3.77. The Kier molecular flexibility index (Phi) is 5.34. The summed E-state index contributed by atoms with van der Waals surface area (Å²) >= 11 is 6.06. The summed E-state index contributed by atoms with van der Waals surface area (Å²) in [6, 6.07) is 14.6. The van der Waals surface area contributed by atoms with E-state index in [1.807, 2.05) is 24.3 Å². The highest BCUT2D eigenvalue weighted by Crippen LogP contribution is 2.36. The lowest BCUT2D eigenvalue weighted by atomic mass is 10.0. The fraction of sp³-hybridized carbons (Fsp3) is 0.227. The first kappa shape index (κ1) is 20.5. The second kappa shape index (κ2) is 7.81. The van der Waals surface area contributed by atoms with Crippen LogP contribution in [0.2, 0.25) is 5.02 Å². The van der Waals surface area contributed by atoms with Gasteiger partial charge in [0.15, 0.2) is 0 Å². The van der Waals surface area contributed by atoms with Gasteiger partial charge in [-0.1, -0.05) is 35.9 Å². The summed E-state index contributed by atoms with van der Waals surface area (Å²) in [7, 11) is -2.34. The average molecular weight is 445 g/mol. The zero-order chi connectivity index (χ0) is 21.5. The van der Waals surface area contributed by atoms with Crippen molar-refractivity contribution in [2.24, 2.45) is 0 Å². The van der Waals surface area contributed by atoms with Gasteiger partial charge >= 0.3 is 0 Å². The number of methoxy groups -OCH3 is 1. The van der Waals surface area contributed by atoms with Crippen molar-refractivity contribution in [2.75, 3.05) is 29.5 Å². The predicted molar refractivity (Wildman–Crippen MR) is 120 cm³/mol. The van der Waals surface area contributed by atoms with Gasteiger partial charge in [0.2, 0.25) is 15.9 Å². The van der Waals surface area contributed by atoms with Gasteiger partial charge in [-0.2, -0.15) is 0 Å². The van der Waals surface area contributed by atoms with Crippen LogP contribution in [0.1, 0.15) is 11.1 Å². The SMILES string of the molecule is COc1ccc(Cl)cc1N(CC(=O)Nc1ccc2c3c(cccc13)CC2)S(C)(=O)=O. The number of amides is 1. The molecule has 0 atom stereocenters. The van der Waals surface area contributed by atoms with Gasteiger partial charge < -0.3 is 10.1 Å². The molecule has 1 amide bonds. The van der Waals surface area contributed by atoms with Crippen LogP contribution in [0.15, 0.2) is 48.5 Å². The van der Waals surface area contributed by atoms with Gasteiger partial charge in [0.25, 0.3) is 0 Å². The molecule has 0 radical (unpaired) electrons. The van der Waals surface area contributed by atoms with Crippen LogP contribution in [0, 0.1) is 0 Å². The maximum absolute atomic E-state index is 12.9. The monoisotopic (exact) mass is 444 g/mol. The van der Waals surface area contributed by atoms with Crippen LogP contribution < -0.4 is 14.4 Å². The van der Waals surface area contributed by atoms with E-state index >= 15 is 0 Å². The molecular formula is C22H21ClN2O4S. The summed E-state index contributed by atoms with van der Waals surface area (Å²) in [4.78, 5) is 12.9. The summed E-state index contributed by atoms with van der Waals surface area (Å²) in [5, 5.41) is 5.35. The number of halogens is 1. The summed E-state index contributed by atoms with van der Waals surface area (Å²) in [6.07, 6.45) is 3.01. The summed E-state index contributed by atoms with van der Waals surface area (Å²) < 4.78 is 31.2. The Morgan fingerprint density at radius 3 is 2.57 bits per heavy atom. The van der Waals surface area contributed by atoms with E-state index < -0.39 is 22.5 Å². The number of carbonyl (C=O) groups is 1. The lowest BCUT2D eigenvalue weighted by Crippen LogP contribution is -2.37.